The van der Waals surface area contributed by atoms with Crippen LogP contribution in [0.4, 0.5) is 4.39 Å². The minimum Gasteiger partial charge on any atom is -0.295 e. The predicted octanol–water partition coefficient (Wildman–Crippen LogP) is 5.17. The number of rotatable bonds is 2. The van der Waals surface area contributed by atoms with Crippen LogP contribution in [0.5, 0.6) is 0 Å². The number of aryl methyl sites for hydroxylation is 2. The van der Waals surface area contributed by atoms with Crippen LogP contribution in [0.3, 0.4) is 0 Å². The molecule has 0 N–H and O–H groups in total. The molecule has 0 aliphatic carbocycles. The van der Waals surface area contributed by atoms with Crippen molar-refractivity contribution in [1.82, 2.24) is 9.55 Å². The number of hydrogen-bond acceptors (Lipinski definition) is 1. The number of benzene rings is 2. The number of hydrogen-bond donors (Lipinski definition) is 0. The second kappa shape index (κ2) is 5.32. The molecule has 0 aliphatic rings. The summed E-state index contributed by atoms with van der Waals surface area (Å²) < 4.78 is 15.7. The van der Waals surface area contributed by atoms with Crippen molar-refractivity contribution in [2.75, 3.05) is 0 Å². The van der Waals surface area contributed by atoms with Gasteiger partial charge in [0.2, 0.25) is 0 Å². The molecule has 21 heavy (non-hydrogen) atoms. The van der Waals surface area contributed by atoms with Gasteiger partial charge in [-0.2, -0.15) is 0 Å². The molecule has 3 rings (SSSR count). The number of imidazole rings is 1. The molecule has 0 aliphatic heterocycles. The highest BCUT2D eigenvalue weighted by Gasteiger charge is 2.15. The molecule has 108 valence electrons. The topological polar surface area (TPSA) is 17.8 Å². The van der Waals surface area contributed by atoms with Crippen molar-refractivity contribution in [1.29, 1.82) is 0 Å². The van der Waals surface area contributed by atoms with Gasteiger partial charge in [0, 0.05) is 6.07 Å². The van der Waals surface area contributed by atoms with Gasteiger partial charge in [0.25, 0.3) is 0 Å². The highest BCUT2D eigenvalue weighted by atomic mass is 35.5. The lowest BCUT2D eigenvalue weighted by atomic mass is 10.1. The van der Waals surface area contributed by atoms with Crippen LogP contribution < -0.4 is 0 Å². The van der Waals surface area contributed by atoms with Gasteiger partial charge >= 0.3 is 0 Å². The summed E-state index contributed by atoms with van der Waals surface area (Å²) >= 11 is 11.9. The summed E-state index contributed by atoms with van der Waals surface area (Å²) in [7, 11) is 0. The maximum absolute atomic E-state index is 13.8. The average molecular weight is 323 g/mol. The maximum Gasteiger partial charge on any atom is 0.144 e. The van der Waals surface area contributed by atoms with E-state index in [2.05, 4.69) is 4.98 Å². The van der Waals surface area contributed by atoms with Gasteiger partial charge in [-0.3, -0.25) is 4.57 Å². The number of halogens is 3. The summed E-state index contributed by atoms with van der Waals surface area (Å²) in [6.07, 6.45) is 0. The Morgan fingerprint density at radius 3 is 2.67 bits per heavy atom. The van der Waals surface area contributed by atoms with E-state index in [9.17, 15) is 4.39 Å². The van der Waals surface area contributed by atoms with Crippen LogP contribution in [-0.4, -0.2) is 9.55 Å². The van der Waals surface area contributed by atoms with Crippen molar-refractivity contribution >= 4 is 34.2 Å². The zero-order chi connectivity index (χ0) is 15.1. The van der Waals surface area contributed by atoms with Crippen molar-refractivity contribution in [3.63, 3.8) is 0 Å². The Kier molecular flexibility index (Phi) is 3.64. The summed E-state index contributed by atoms with van der Waals surface area (Å²) in [6, 6.07) is 9.04. The maximum atomic E-state index is 13.8. The Hall–Kier alpha value is -1.58. The molecule has 0 bridgehead atoms. The average Bonchev–Trinajstić information content (AvgIpc) is 2.79. The van der Waals surface area contributed by atoms with Gasteiger partial charge in [-0.25, -0.2) is 9.37 Å². The molecular weight excluding hydrogens is 310 g/mol. The third-order valence-electron chi connectivity index (χ3n) is 3.49. The zero-order valence-corrected chi connectivity index (χ0v) is 13.1. The van der Waals surface area contributed by atoms with Crippen LogP contribution in [0.2, 0.25) is 5.02 Å². The third kappa shape index (κ3) is 2.41. The number of fused-ring (bicyclic) bond motifs is 1. The van der Waals surface area contributed by atoms with E-state index in [-0.39, 0.29) is 10.9 Å². The van der Waals surface area contributed by atoms with Crippen LogP contribution in [0.25, 0.3) is 16.7 Å². The molecule has 0 atom stereocenters. The second-order valence-corrected chi connectivity index (χ2v) is 5.72. The lowest BCUT2D eigenvalue weighted by Crippen LogP contribution is -2.02. The molecular formula is C16H13Cl2FN2. The Morgan fingerprint density at radius 1 is 1.19 bits per heavy atom. The molecule has 0 unspecified atom stereocenters. The standard InChI is InChI=1S/C16H13Cl2FN2/c1-9-3-4-10(2)14(5-9)21-15-7-12(19)11(18)6-13(15)20-16(21)8-17/h3-7H,8H2,1-2H3. The van der Waals surface area contributed by atoms with Crippen molar-refractivity contribution in [2.24, 2.45) is 0 Å². The summed E-state index contributed by atoms with van der Waals surface area (Å²) in [5.74, 6) is 0.445. The molecule has 0 radical (unpaired) electrons. The highest BCUT2D eigenvalue weighted by molar-refractivity contribution is 6.31. The fourth-order valence-electron chi connectivity index (χ4n) is 2.44. The van der Waals surface area contributed by atoms with E-state index in [1.165, 1.54) is 12.1 Å². The van der Waals surface area contributed by atoms with E-state index in [0.717, 1.165) is 16.8 Å². The van der Waals surface area contributed by atoms with Gasteiger partial charge in [0.05, 0.1) is 27.6 Å². The Labute approximate surface area is 132 Å². The normalized spacial score (nSPS) is 11.3. The van der Waals surface area contributed by atoms with Gasteiger partial charge in [-0.15, -0.1) is 11.6 Å². The Bertz CT molecular complexity index is 840. The monoisotopic (exact) mass is 322 g/mol. The highest BCUT2D eigenvalue weighted by Crippen LogP contribution is 2.29. The van der Waals surface area contributed by atoms with E-state index < -0.39 is 5.82 Å². The van der Waals surface area contributed by atoms with E-state index in [1.807, 2.05) is 36.6 Å². The molecule has 2 nitrogen and oxygen atoms in total. The quantitative estimate of drug-likeness (QED) is 0.595. The van der Waals surface area contributed by atoms with Crippen molar-refractivity contribution in [2.45, 2.75) is 19.7 Å². The van der Waals surface area contributed by atoms with E-state index in [0.29, 0.717) is 16.9 Å². The Morgan fingerprint density at radius 2 is 1.95 bits per heavy atom. The molecule has 1 aromatic heterocycles. The Balaban J connectivity index is 2.40. The number of alkyl halides is 1. The minimum absolute atomic E-state index is 0.0641. The van der Waals surface area contributed by atoms with E-state index in [1.54, 1.807) is 0 Å². The smallest absolute Gasteiger partial charge is 0.144 e. The number of nitrogens with zero attached hydrogens (tertiary/aromatic N) is 2. The van der Waals surface area contributed by atoms with Gasteiger partial charge in [0.15, 0.2) is 0 Å². The van der Waals surface area contributed by atoms with Crippen LogP contribution >= 0.6 is 23.2 Å². The summed E-state index contributed by atoms with van der Waals surface area (Å²) in [5.41, 5.74) is 4.45. The summed E-state index contributed by atoms with van der Waals surface area (Å²) in [4.78, 5) is 4.46. The molecule has 0 spiro atoms. The zero-order valence-electron chi connectivity index (χ0n) is 11.6. The summed E-state index contributed by atoms with van der Waals surface area (Å²) in [6.45, 7) is 4.02. The molecule has 0 saturated heterocycles. The van der Waals surface area contributed by atoms with E-state index in [4.69, 9.17) is 23.2 Å². The largest absolute Gasteiger partial charge is 0.295 e. The molecule has 0 amide bonds. The third-order valence-corrected chi connectivity index (χ3v) is 4.02. The molecule has 0 saturated carbocycles. The molecule has 3 aromatic rings. The van der Waals surface area contributed by atoms with Crippen molar-refractivity contribution < 1.29 is 4.39 Å². The van der Waals surface area contributed by atoms with Gasteiger partial charge in [-0.1, -0.05) is 23.7 Å². The predicted molar refractivity (Wildman–Crippen MR) is 85.1 cm³/mol. The second-order valence-electron chi connectivity index (χ2n) is 5.04. The minimum atomic E-state index is -0.461. The van der Waals surface area contributed by atoms with Gasteiger partial charge < -0.3 is 0 Å². The molecule has 1 heterocycles. The first-order valence-electron chi connectivity index (χ1n) is 6.51. The van der Waals surface area contributed by atoms with Crippen molar-refractivity contribution in [3.8, 4) is 5.69 Å². The fourth-order valence-corrected chi connectivity index (χ4v) is 2.78. The first-order chi connectivity index (χ1) is 10.0. The van der Waals surface area contributed by atoms with Crippen LogP contribution in [0, 0.1) is 19.7 Å². The summed E-state index contributed by atoms with van der Waals surface area (Å²) in [5, 5.41) is 0.0641. The number of aromatic nitrogens is 2. The van der Waals surface area contributed by atoms with E-state index >= 15 is 0 Å². The van der Waals surface area contributed by atoms with Crippen LogP contribution in [0.15, 0.2) is 30.3 Å². The molecule has 5 heteroatoms. The van der Waals surface area contributed by atoms with Crippen LogP contribution in [0.1, 0.15) is 17.0 Å². The van der Waals surface area contributed by atoms with Gasteiger partial charge in [-0.05, 0) is 37.1 Å². The lowest BCUT2D eigenvalue weighted by molar-refractivity contribution is 0.629. The molecule has 2 aromatic carbocycles. The first-order valence-corrected chi connectivity index (χ1v) is 7.42. The first kappa shape index (κ1) is 14.4. The molecule has 0 fully saturated rings. The van der Waals surface area contributed by atoms with Crippen LogP contribution in [-0.2, 0) is 5.88 Å². The van der Waals surface area contributed by atoms with Crippen molar-refractivity contribution in [3.05, 3.63) is 58.1 Å². The fraction of sp³-hybridized carbons (Fsp3) is 0.188. The lowest BCUT2D eigenvalue weighted by Gasteiger charge is -2.12. The van der Waals surface area contributed by atoms with Gasteiger partial charge in [0.1, 0.15) is 11.6 Å². The SMILES string of the molecule is Cc1ccc(C)c(-n2c(CCl)nc3cc(Cl)c(F)cc32)c1.